The van der Waals surface area contributed by atoms with Crippen molar-refractivity contribution in [2.45, 2.75) is 13.3 Å². The van der Waals surface area contributed by atoms with Crippen LogP contribution >= 0.6 is 0 Å². The number of rotatable bonds is 2. The Morgan fingerprint density at radius 3 is 2.70 bits per heavy atom. The molecule has 0 aliphatic carbocycles. The number of benzene rings is 1. The number of nitriles is 1. The lowest BCUT2D eigenvalue weighted by Crippen LogP contribution is -1.94. The molecule has 0 aliphatic heterocycles. The van der Waals surface area contributed by atoms with E-state index in [2.05, 4.69) is 11.1 Å². The molecule has 0 bridgehead atoms. The van der Waals surface area contributed by atoms with E-state index in [9.17, 15) is 4.39 Å². The molecule has 20 heavy (non-hydrogen) atoms. The minimum absolute atomic E-state index is 0.188. The lowest BCUT2D eigenvalue weighted by Gasteiger charge is -2.02. The Morgan fingerprint density at radius 1 is 1.25 bits per heavy atom. The molecular weight excluding hydrogens is 253 g/mol. The lowest BCUT2D eigenvalue weighted by atomic mass is 10.1. The van der Waals surface area contributed by atoms with Crippen molar-refractivity contribution in [2.75, 3.05) is 0 Å². The van der Waals surface area contributed by atoms with Crippen LogP contribution in [0.5, 0.6) is 0 Å². The van der Waals surface area contributed by atoms with Crippen molar-refractivity contribution >= 4 is 5.65 Å². The molecule has 0 saturated carbocycles. The van der Waals surface area contributed by atoms with Gasteiger partial charge < -0.3 is 0 Å². The molecule has 0 fully saturated rings. The van der Waals surface area contributed by atoms with Crippen LogP contribution in [0.15, 0.2) is 42.6 Å². The Bertz CT molecular complexity index is 810. The van der Waals surface area contributed by atoms with Gasteiger partial charge in [-0.1, -0.05) is 29.8 Å². The second-order valence-electron chi connectivity index (χ2n) is 4.66. The van der Waals surface area contributed by atoms with E-state index in [0.717, 1.165) is 11.1 Å². The van der Waals surface area contributed by atoms with Gasteiger partial charge >= 0.3 is 0 Å². The number of imidazole rings is 1. The van der Waals surface area contributed by atoms with E-state index in [1.165, 1.54) is 6.07 Å². The van der Waals surface area contributed by atoms with Crippen LogP contribution < -0.4 is 0 Å². The van der Waals surface area contributed by atoms with Crippen LogP contribution in [0.4, 0.5) is 4.39 Å². The summed E-state index contributed by atoms with van der Waals surface area (Å²) in [5.41, 5.74) is 3.67. The van der Waals surface area contributed by atoms with Gasteiger partial charge in [-0.2, -0.15) is 5.26 Å². The molecule has 98 valence electrons. The summed E-state index contributed by atoms with van der Waals surface area (Å²) in [6.45, 7) is 2.00. The highest BCUT2D eigenvalue weighted by Gasteiger charge is 2.15. The fourth-order valence-electron chi connectivity index (χ4n) is 2.27. The molecule has 0 atom stereocenters. The number of halogens is 1. The van der Waals surface area contributed by atoms with Crippen LogP contribution in [0.1, 0.15) is 11.3 Å². The first-order chi connectivity index (χ1) is 9.70. The van der Waals surface area contributed by atoms with E-state index >= 15 is 0 Å². The van der Waals surface area contributed by atoms with Crippen LogP contribution in [0.25, 0.3) is 16.9 Å². The minimum Gasteiger partial charge on any atom is -0.300 e. The first-order valence-corrected chi connectivity index (χ1v) is 6.30. The second-order valence-corrected chi connectivity index (χ2v) is 4.66. The summed E-state index contributed by atoms with van der Waals surface area (Å²) in [4.78, 5) is 4.37. The van der Waals surface area contributed by atoms with Crippen molar-refractivity contribution in [3.05, 3.63) is 59.7 Å². The first kappa shape index (κ1) is 12.4. The topological polar surface area (TPSA) is 41.1 Å². The minimum atomic E-state index is -0.384. The maximum Gasteiger partial charge on any atom is 0.174 e. The molecule has 3 rings (SSSR count). The molecule has 0 radical (unpaired) electrons. The molecule has 0 amide bonds. The highest BCUT2D eigenvalue weighted by molar-refractivity contribution is 5.67. The van der Waals surface area contributed by atoms with Gasteiger partial charge in [-0.25, -0.2) is 9.37 Å². The predicted octanol–water partition coefficient (Wildman–Crippen LogP) is 3.51. The van der Waals surface area contributed by atoms with Gasteiger partial charge in [0.05, 0.1) is 23.9 Å². The highest BCUT2D eigenvalue weighted by Crippen LogP contribution is 2.26. The number of nitrogens with zero attached hydrogens (tertiary/aromatic N) is 3. The molecule has 0 spiro atoms. The predicted molar refractivity (Wildman–Crippen MR) is 74.6 cm³/mol. The summed E-state index contributed by atoms with van der Waals surface area (Å²) in [7, 11) is 0. The molecule has 3 nitrogen and oxygen atoms in total. The zero-order chi connectivity index (χ0) is 14.1. The van der Waals surface area contributed by atoms with Crippen LogP contribution in [-0.2, 0) is 6.42 Å². The number of aryl methyl sites for hydroxylation is 1. The third kappa shape index (κ3) is 1.94. The van der Waals surface area contributed by atoms with Gasteiger partial charge in [0.25, 0.3) is 0 Å². The highest BCUT2D eigenvalue weighted by atomic mass is 19.1. The van der Waals surface area contributed by atoms with Crippen molar-refractivity contribution in [1.82, 2.24) is 9.38 Å². The third-order valence-corrected chi connectivity index (χ3v) is 3.27. The molecule has 2 heterocycles. The average molecular weight is 265 g/mol. The van der Waals surface area contributed by atoms with Gasteiger partial charge in [0.2, 0.25) is 0 Å². The summed E-state index contributed by atoms with van der Waals surface area (Å²) in [6, 6.07) is 12.9. The van der Waals surface area contributed by atoms with Gasteiger partial charge in [-0.3, -0.25) is 4.40 Å². The Labute approximate surface area is 115 Å². The van der Waals surface area contributed by atoms with E-state index in [1.54, 1.807) is 16.7 Å². The van der Waals surface area contributed by atoms with Gasteiger partial charge in [-0.05, 0) is 19.1 Å². The van der Waals surface area contributed by atoms with E-state index in [4.69, 9.17) is 5.26 Å². The van der Waals surface area contributed by atoms with Gasteiger partial charge in [0, 0.05) is 11.8 Å². The Kier molecular flexibility index (Phi) is 2.96. The molecule has 4 heteroatoms. The summed E-state index contributed by atoms with van der Waals surface area (Å²) in [5, 5.41) is 9.00. The van der Waals surface area contributed by atoms with Crippen LogP contribution in [0.2, 0.25) is 0 Å². The monoisotopic (exact) mass is 265 g/mol. The second kappa shape index (κ2) is 4.78. The Hall–Kier alpha value is -2.67. The SMILES string of the molecule is Cc1ccc(-c2nc3c(F)cccn3c2CC#N)cc1. The summed E-state index contributed by atoms with van der Waals surface area (Å²) in [6.07, 6.45) is 1.92. The molecule has 3 aromatic rings. The van der Waals surface area contributed by atoms with E-state index in [1.807, 2.05) is 31.2 Å². The first-order valence-electron chi connectivity index (χ1n) is 6.30. The molecule has 0 unspecified atom stereocenters. The van der Waals surface area contributed by atoms with Gasteiger partial charge in [0.1, 0.15) is 0 Å². The molecule has 1 aromatic carbocycles. The van der Waals surface area contributed by atoms with Gasteiger partial charge in [-0.15, -0.1) is 0 Å². The standard InChI is InChI=1S/C16H12FN3/c1-11-4-6-12(7-5-11)15-14(8-9-18)20-10-2-3-13(17)16(20)19-15/h2-7,10H,8H2,1H3. The smallest absolute Gasteiger partial charge is 0.174 e. The van der Waals surface area contributed by atoms with Crippen LogP contribution in [0, 0.1) is 24.1 Å². The number of aromatic nitrogens is 2. The number of fused-ring (bicyclic) bond motifs is 1. The van der Waals surface area contributed by atoms with Crippen LogP contribution in [-0.4, -0.2) is 9.38 Å². The summed E-state index contributed by atoms with van der Waals surface area (Å²) in [5.74, 6) is -0.384. The fraction of sp³-hybridized carbons (Fsp3) is 0.125. The summed E-state index contributed by atoms with van der Waals surface area (Å²) < 4.78 is 15.5. The molecule has 0 N–H and O–H groups in total. The zero-order valence-corrected chi connectivity index (χ0v) is 11.0. The molecule has 0 aliphatic rings. The molecular formula is C16H12FN3. The zero-order valence-electron chi connectivity index (χ0n) is 11.0. The van der Waals surface area contributed by atoms with Crippen molar-refractivity contribution in [2.24, 2.45) is 0 Å². The van der Waals surface area contributed by atoms with E-state index < -0.39 is 0 Å². The van der Waals surface area contributed by atoms with Crippen molar-refractivity contribution < 1.29 is 4.39 Å². The van der Waals surface area contributed by atoms with Crippen molar-refractivity contribution in [3.63, 3.8) is 0 Å². The Morgan fingerprint density at radius 2 is 2.00 bits per heavy atom. The van der Waals surface area contributed by atoms with Crippen molar-refractivity contribution in [3.8, 4) is 17.3 Å². The molecule has 0 saturated heterocycles. The quantitative estimate of drug-likeness (QED) is 0.711. The largest absolute Gasteiger partial charge is 0.300 e. The van der Waals surface area contributed by atoms with E-state index in [0.29, 0.717) is 11.4 Å². The maximum absolute atomic E-state index is 13.8. The normalized spacial score (nSPS) is 10.7. The third-order valence-electron chi connectivity index (χ3n) is 3.27. The Balaban J connectivity index is 2.29. The number of hydrogen-bond donors (Lipinski definition) is 0. The van der Waals surface area contributed by atoms with E-state index in [-0.39, 0.29) is 17.9 Å². The summed E-state index contributed by atoms with van der Waals surface area (Å²) >= 11 is 0. The number of pyridine rings is 1. The number of hydrogen-bond acceptors (Lipinski definition) is 2. The average Bonchev–Trinajstić information content (AvgIpc) is 2.81. The lowest BCUT2D eigenvalue weighted by molar-refractivity contribution is 0.629. The molecule has 2 aromatic heterocycles. The van der Waals surface area contributed by atoms with Crippen LogP contribution in [0.3, 0.4) is 0 Å². The fourth-order valence-corrected chi connectivity index (χ4v) is 2.27. The van der Waals surface area contributed by atoms with Crippen molar-refractivity contribution in [1.29, 1.82) is 5.26 Å². The maximum atomic E-state index is 13.8. The van der Waals surface area contributed by atoms with Gasteiger partial charge in [0.15, 0.2) is 11.5 Å².